The van der Waals surface area contributed by atoms with Crippen molar-refractivity contribution >= 4 is 17.6 Å². The molecule has 2 heterocycles. The van der Waals surface area contributed by atoms with Crippen LogP contribution < -0.4 is 11.1 Å². The van der Waals surface area contributed by atoms with E-state index in [-0.39, 0.29) is 24.0 Å². The van der Waals surface area contributed by atoms with E-state index in [1.54, 1.807) is 4.90 Å². The summed E-state index contributed by atoms with van der Waals surface area (Å²) in [5.41, 5.74) is 5.27. The van der Waals surface area contributed by atoms with Gasteiger partial charge in [-0.1, -0.05) is 0 Å². The number of nitrogen functional groups attached to an aromatic ring is 1. The van der Waals surface area contributed by atoms with Crippen molar-refractivity contribution in [3.05, 3.63) is 5.69 Å². The van der Waals surface area contributed by atoms with Gasteiger partial charge in [0.25, 0.3) is 5.91 Å². The minimum absolute atomic E-state index is 0.0644. The van der Waals surface area contributed by atoms with Crippen LogP contribution in [0.2, 0.25) is 0 Å². The Labute approximate surface area is 103 Å². The van der Waals surface area contributed by atoms with E-state index in [9.17, 15) is 9.59 Å². The summed E-state index contributed by atoms with van der Waals surface area (Å²) in [5.74, 6) is -0.741. The third-order valence-electron chi connectivity index (χ3n) is 2.84. The molecule has 2 amide bonds. The third-order valence-corrected chi connectivity index (χ3v) is 2.84. The fourth-order valence-electron chi connectivity index (χ4n) is 1.85. The molecule has 1 saturated heterocycles. The van der Waals surface area contributed by atoms with Gasteiger partial charge in [0.2, 0.25) is 17.4 Å². The number of nitrogens with one attached hydrogen (secondary N) is 1. The zero-order chi connectivity index (χ0) is 13.0. The number of hydrogen-bond acceptors (Lipinski definition) is 6. The predicted molar refractivity (Wildman–Crippen MR) is 61.5 cm³/mol. The number of aromatic nitrogens is 2. The smallest absolute Gasteiger partial charge is 0.277 e. The topological polar surface area (TPSA) is 114 Å². The molecule has 1 aromatic heterocycles. The van der Waals surface area contributed by atoms with Crippen LogP contribution in [-0.4, -0.2) is 46.7 Å². The molecule has 0 atom stereocenters. The van der Waals surface area contributed by atoms with Gasteiger partial charge in [0.15, 0.2) is 0 Å². The van der Waals surface area contributed by atoms with Crippen molar-refractivity contribution in [3.8, 4) is 0 Å². The molecular formula is C10H15N5O3. The van der Waals surface area contributed by atoms with Gasteiger partial charge in [-0.25, -0.2) is 4.63 Å². The average molecular weight is 253 g/mol. The van der Waals surface area contributed by atoms with Crippen LogP contribution in [0.15, 0.2) is 4.63 Å². The standard InChI is InChI=1S/C10H15N5O3/c11-9-8(13-18-14-9)10(17)12-6-7(16)15-4-2-1-3-5-15/h1-6H2,(H2,11,14)(H,12,17). The zero-order valence-electron chi connectivity index (χ0n) is 9.89. The van der Waals surface area contributed by atoms with Crippen molar-refractivity contribution in [2.45, 2.75) is 19.3 Å². The van der Waals surface area contributed by atoms with Crippen LogP contribution in [0.4, 0.5) is 5.82 Å². The average Bonchev–Trinajstić information content (AvgIpc) is 2.83. The van der Waals surface area contributed by atoms with Crippen molar-refractivity contribution in [2.75, 3.05) is 25.4 Å². The summed E-state index contributed by atoms with van der Waals surface area (Å²) in [7, 11) is 0. The SMILES string of the molecule is Nc1nonc1C(=O)NCC(=O)N1CCCCC1. The van der Waals surface area contributed by atoms with Gasteiger partial charge in [-0.2, -0.15) is 0 Å². The van der Waals surface area contributed by atoms with Crippen LogP contribution in [-0.2, 0) is 4.79 Å². The summed E-state index contributed by atoms with van der Waals surface area (Å²) in [6.07, 6.45) is 3.18. The molecule has 0 spiro atoms. The molecule has 2 rings (SSSR count). The van der Waals surface area contributed by atoms with Gasteiger partial charge in [0.05, 0.1) is 6.54 Å². The molecule has 0 unspecified atom stereocenters. The summed E-state index contributed by atoms with van der Waals surface area (Å²) in [6, 6.07) is 0. The molecule has 0 aromatic carbocycles. The molecule has 1 aliphatic heterocycles. The number of nitrogens with two attached hydrogens (primary N) is 1. The maximum Gasteiger partial charge on any atom is 0.277 e. The van der Waals surface area contributed by atoms with E-state index in [1.807, 2.05) is 0 Å². The Bertz CT molecular complexity index is 438. The number of piperidine rings is 1. The Kier molecular flexibility index (Phi) is 3.75. The van der Waals surface area contributed by atoms with Gasteiger partial charge in [-0.05, 0) is 29.6 Å². The van der Waals surface area contributed by atoms with Gasteiger partial charge in [0, 0.05) is 13.1 Å². The highest BCUT2D eigenvalue weighted by molar-refractivity contribution is 5.97. The molecule has 1 fully saturated rings. The Morgan fingerprint density at radius 1 is 1.28 bits per heavy atom. The van der Waals surface area contributed by atoms with Gasteiger partial charge < -0.3 is 16.0 Å². The Morgan fingerprint density at radius 2 is 2.00 bits per heavy atom. The number of carbonyl (C=O) groups excluding carboxylic acids is 2. The van der Waals surface area contributed by atoms with E-state index in [0.29, 0.717) is 0 Å². The molecule has 18 heavy (non-hydrogen) atoms. The zero-order valence-corrected chi connectivity index (χ0v) is 9.89. The second-order valence-electron chi connectivity index (χ2n) is 4.12. The lowest BCUT2D eigenvalue weighted by Gasteiger charge is -2.26. The van der Waals surface area contributed by atoms with Gasteiger partial charge in [-0.15, -0.1) is 0 Å². The Morgan fingerprint density at radius 3 is 2.61 bits per heavy atom. The van der Waals surface area contributed by atoms with Crippen LogP contribution in [0.25, 0.3) is 0 Å². The van der Waals surface area contributed by atoms with Gasteiger partial charge in [0.1, 0.15) is 0 Å². The second-order valence-corrected chi connectivity index (χ2v) is 4.12. The number of anilines is 1. The molecule has 8 heteroatoms. The molecular weight excluding hydrogens is 238 g/mol. The van der Waals surface area contributed by atoms with Crippen molar-refractivity contribution < 1.29 is 14.2 Å². The Hall–Kier alpha value is -2.12. The van der Waals surface area contributed by atoms with Crippen molar-refractivity contribution in [2.24, 2.45) is 0 Å². The van der Waals surface area contributed by atoms with Crippen molar-refractivity contribution in [1.29, 1.82) is 0 Å². The number of nitrogens with zero attached hydrogens (tertiary/aromatic N) is 3. The molecule has 0 bridgehead atoms. The maximum atomic E-state index is 11.8. The summed E-state index contributed by atoms with van der Waals surface area (Å²) in [5, 5.41) is 9.10. The lowest BCUT2D eigenvalue weighted by atomic mass is 10.1. The first-order chi connectivity index (χ1) is 8.68. The number of amides is 2. The first-order valence-electron chi connectivity index (χ1n) is 5.82. The van der Waals surface area contributed by atoms with E-state index in [0.717, 1.165) is 32.4 Å². The largest absolute Gasteiger partial charge is 0.379 e. The highest BCUT2D eigenvalue weighted by Gasteiger charge is 2.20. The van der Waals surface area contributed by atoms with Crippen molar-refractivity contribution in [3.63, 3.8) is 0 Å². The van der Waals surface area contributed by atoms with E-state index < -0.39 is 5.91 Å². The molecule has 98 valence electrons. The molecule has 3 N–H and O–H groups in total. The summed E-state index contributed by atoms with van der Waals surface area (Å²) in [6.45, 7) is 1.44. The summed E-state index contributed by atoms with van der Waals surface area (Å²) < 4.78 is 4.31. The highest BCUT2D eigenvalue weighted by Crippen LogP contribution is 2.08. The van der Waals surface area contributed by atoms with Gasteiger partial charge >= 0.3 is 0 Å². The molecule has 0 radical (unpaired) electrons. The van der Waals surface area contributed by atoms with Gasteiger partial charge in [-0.3, -0.25) is 9.59 Å². The second kappa shape index (κ2) is 5.48. The number of hydrogen-bond donors (Lipinski definition) is 2. The fraction of sp³-hybridized carbons (Fsp3) is 0.600. The first kappa shape index (κ1) is 12.3. The molecule has 8 nitrogen and oxygen atoms in total. The quantitative estimate of drug-likeness (QED) is 0.743. The van der Waals surface area contributed by atoms with E-state index in [1.165, 1.54) is 0 Å². The van der Waals surface area contributed by atoms with Crippen molar-refractivity contribution in [1.82, 2.24) is 20.5 Å². The lowest BCUT2D eigenvalue weighted by molar-refractivity contribution is -0.130. The van der Waals surface area contributed by atoms with Crippen LogP contribution in [0, 0.1) is 0 Å². The lowest BCUT2D eigenvalue weighted by Crippen LogP contribution is -2.42. The minimum Gasteiger partial charge on any atom is -0.379 e. The van der Waals surface area contributed by atoms with E-state index in [4.69, 9.17) is 5.73 Å². The summed E-state index contributed by atoms with van der Waals surface area (Å²) in [4.78, 5) is 25.1. The minimum atomic E-state index is -0.556. The Balaban J connectivity index is 1.82. The number of likely N-dealkylation sites (tertiary alicyclic amines) is 1. The normalized spacial score (nSPS) is 15.4. The van der Waals surface area contributed by atoms with Crippen LogP contribution >= 0.6 is 0 Å². The number of rotatable bonds is 3. The molecule has 0 saturated carbocycles. The monoisotopic (exact) mass is 253 g/mol. The molecule has 0 aliphatic carbocycles. The fourth-order valence-corrected chi connectivity index (χ4v) is 1.85. The third kappa shape index (κ3) is 2.76. The van der Waals surface area contributed by atoms with Crippen LogP contribution in [0.5, 0.6) is 0 Å². The summed E-state index contributed by atoms with van der Waals surface area (Å²) >= 11 is 0. The number of carbonyl (C=O) groups is 2. The highest BCUT2D eigenvalue weighted by atomic mass is 16.6. The van der Waals surface area contributed by atoms with E-state index in [2.05, 4.69) is 20.3 Å². The predicted octanol–water partition coefficient (Wildman–Crippen LogP) is -0.606. The van der Waals surface area contributed by atoms with Crippen LogP contribution in [0.3, 0.4) is 0 Å². The molecule has 1 aromatic rings. The van der Waals surface area contributed by atoms with Crippen LogP contribution in [0.1, 0.15) is 29.8 Å². The first-order valence-corrected chi connectivity index (χ1v) is 5.82. The maximum absolute atomic E-state index is 11.8. The molecule has 1 aliphatic rings. The van der Waals surface area contributed by atoms with E-state index >= 15 is 0 Å².